The molecule has 1 unspecified atom stereocenters. The van der Waals surface area contributed by atoms with Crippen LogP contribution in [-0.2, 0) is 18.3 Å². The van der Waals surface area contributed by atoms with Crippen LogP contribution in [0.5, 0.6) is 5.88 Å². The van der Waals surface area contributed by atoms with Crippen molar-refractivity contribution in [2.75, 3.05) is 6.61 Å². The molecule has 1 aromatic heterocycles. The SMILES string of the molecule is CCCCCC(C)n1nc(OCCCc2cccc(SC(C)(C)C(=O)O)c2)c(=O)n(C)c1=O. The van der Waals surface area contributed by atoms with E-state index in [-0.39, 0.29) is 18.5 Å². The number of carboxylic acids is 1. The highest BCUT2D eigenvalue weighted by Gasteiger charge is 2.28. The van der Waals surface area contributed by atoms with E-state index in [2.05, 4.69) is 12.0 Å². The first kappa shape index (κ1) is 26.7. The van der Waals surface area contributed by atoms with E-state index in [1.807, 2.05) is 31.2 Å². The van der Waals surface area contributed by atoms with Crippen molar-refractivity contribution in [3.05, 3.63) is 50.7 Å². The summed E-state index contributed by atoms with van der Waals surface area (Å²) in [6.07, 6.45) is 5.33. The van der Waals surface area contributed by atoms with Crippen molar-refractivity contribution in [2.24, 2.45) is 7.05 Å². The normalized spacial score (nSPS) is 12.5. The van der Waals surface area contributed by atoms with Gasteiger partial charge in [0.15, 0.2) is 0 Å². The van der Waals surface area contributed by atoms with Gasteiger partial charge in [0.25, 0.3) is 5.88 Å². The fourth-order valence-corrected chi connectivity index (χ4v) is 4.34. The summed E-state index contributed by atoms with van der Waals surface area (Å²) in [4.78, 5) is 37.2. The largest absolute Gasteiger partial charge is 0.480 e. The predicted molar refractivity (Wildman–Crippen MR) is 130 cm³/mol. The van der Waals surface area contributed by atoms with E-state index in [9.17, 15) is 19.5 Å². The average Bonchev–Trinajstić information content (AvgIpc) is 2.76. The van der Waals surface area contributed by atoms with Crippen molar-refractivity contribution in [2.45, 2.75) is 81.9 Å². The molecule has 0 spiro atoms. The van der Waals surface area contributed by atoms with Gasteiger partial charge in [-0.1, -0.05) is 38.3 Å². The minimum Gasteiger partial charge on any atom is -0.480 e. The summed E-state index contributed by atoms with van der Waals surface area (Å²) in [6.45, 7) is 7.69. The van der Waals surface area contributed by atoms with Gasteiger partial charge in [0.1, 0.15) is 4.75 Å². The summed E-state index contributed by atoms with van der Waals surface area (Å²) in [5.74, 6) is -0.923. The van der Waals surface area contributed by atoms with E-state index in [1.165, 1.54) is 23.5 Å². The zero-order valence-electron chi connectivity index (χ0n) is 20.2. The van der Waals surface area contributed by atoms with E-state index in [1.54, 1.807) is 13.8 Å². The summed E-state index contributed by atoms with van der Waals surface area (Å²) in [5.41, 5.74) is 0.0847. The van der Waals surface area contributed by atoms with Crippen molar-refractivity contribution in [1.82, 2.24) is 14.3 Å². The molecule has 0 aliphatic heterocycles. The minimum atomic E-state index is -0.912. The first-order valence-corrected chi connectivity index (χ1v) is 12.2. The van der Waals surface area contributed by atoms with Gasteiger partial charge in [0.2, 0.25) is 0 Å². The summed E-state index contributed by atoms with van der Waals surface area (Å²) in [6, 6.07) is 7.64. The van der Waals surface area contributed by atoms with Gasteiger partial charge in [0.05, 0.1) is 12.6 Å². The highest BCUT2D eigenvalue weighted by molar-refractivity contribution is 8.01. The van der Waals surface area contributed by atoms with Gasteiger partial charge in [0, 0.05) is 11.9 Å². The molecule has 0 radical (unpaired) electrons. The van der Waals surface area contributed by atoms with Crippen molar-refractivity contribution in [3.63, 3.8) is 0 Å². The first-order chi connectivity index (χ1) is 15.6. The van der Waals surface area contributed by atoms with E-state index in [0.29, 0.717) is 12.8 Å². The van der Waals surface area contributed by atoms with Crippen molar-refractivity contribution < 1.29 is 14.6 Å². The monoisotopic (exact) mass is 477 g/mol. The molecule has 1 heterocycles. The molecule has 2 rings (SSSR count). The highest BCUT2D eigenvalue weighted by Crippen LogP contribution is 2.33. The second-order valence-corrected chi connectivity index (χ2v) is 10.5. The number of ether oxygens (including phenoxy) is 1. The summed E-state index contributed by atoms with van der Waals surface area (Å²) in [5, 5.41) is 13.5. The molecule has 8 nitrogen and oxygen atoms in total. The van der Waals surface area contributed by atoms with Gasteiger partial charge in [-0.05, 0) is 57.7 Å². The van der Waals surface area contributed by atoms with E-state index in [4.69, 9.17) is 4.74 Å². The maximum atomic E-state index is 12.5. The van der Waals surface area contributed by atoms with Crippen LogP contribution in [0.3, 0.4) is 0 Å². The lowest BCUT2D eigenvalue weighted by Crippen LogP contribution is -2.41. The maximum absolute atomic E-state index is 12.5. The number of aromatic nitrogens is 3. The zero-order valence-corrected chi connectivity index (χ0v) is 21.0. The Hall–Kier alpha value is -2.55. The summed E-state index contributed by atoms with van der Waals surface area (Å²) in [7, 11) is 1.44. The molecule has 0 aliphatic carbocycles. The number of benzene rings is 1. The molecule has 9 heteroatoms. The van der Waals surface area contributed by atoms with Crippen LogP contribution in [0.2, 0.25) is 0 Å². The van der Waals surface area contributed by atoms with Crippen LogP contribution in [0.4, 0.5) is 0 Å². The number of thioether (sulfide) groups is 1. The molecule has 2 aromatic rings. The Balaban J connectivity index is 2.01. The number of carbonyl (C=O) groups is 1. The number of carboxylic acid groups (broad SMARTS) is 1. The Morgan fingerprint density at radius 1 is 1.24 bits per heavy atom. The summed E-state index contributed by atoms with van der Waals surface area (Å²) < 4.78 is 7.14. The second kappa shape index (κ2) is 12.1. The van der Waals surface area contributed by atoms with Crippen molar-refractivity contribution in [3.8, 4) is 5.88 Å². The van der Waals surface area contributed by atoms with Crippen LogP contribution in [0.15, 0.2) is 38.8 Å². The molecular weight excluding hydrogens is 442 g/mol. The highest BCUT2D eigenvalue weighted by atomic mass is 32.2. The van der Waals surface area contributed by atoms with Gasteiger partial charge < -0.3 is 9.84 Å². The predicted octanol–water partition coefficient (Wildman–Crippen LogP) is 4.05. The third-order valence-corrected chi connectivity index (χ3v) is 6.62. The number of aryl methyl sites for hydroxylation is 1. The van der Waals surface area contributed by atoms with Gasteiger partial charge in [-0.2, -0.15) is 0 Å². The molecule has 0 fully saturated rings. The van der Waals surface area contributed by atoms with Crippen molar-refractivity contribution in [1.29, 1.82) is 0 Å². The first-order valence-electron chi connectivity index (χ1n) is 11.4. The van der Waals surface area contributed by atoms with E-state index < -0.39 is 22.0 Å². The molecule has 0 saturated carbocycles. The molecule has 0 aliphatic rings. The second-order valence-electron chi connectivity index (χ2n) is 8.76. The number of hydrogen-bond acceptors (Lipinski definition) is 6. The molecule has 1 N–H and O–H groups in total. The molecule has 1 aromatic carbocycles. The van der Waals surface area contributed by atoms with Gasteiger partial charge in [-0.25, -0.2) is 9.48 Å². The van der Waals surface area contributed by atoms with Gasteiger partial charge >= 0.3 is 17.2 Å². The number of nitrogens with zero attached hydrogens (tertiary/aromatic N) is 3. The minimum absolute atomic E-state index is 0.0630. The number of aliphatic carboxylic acids is 1. The molecular formula is C24H35N3O5S. The Morgan fingerprint density at radius 2 is 1.97 bits per heavy atom. The van der Waals surface area contributed by atoms with Crippen LogP contribution >= 0.6 is 11.8 Å². The quantitative estimate of drug-likeness (QED) is 0.343. The lowest BCUT2D eigenvalue weighted by Gasteiger charge is -2.18. The van der Waals surface area contributed by atoms with Gasteiger partial charge in [-0.3, -0.25) is 14.2 Å². The van der Waals surface area contributed by atoms with E-state index in [0.717, 1.165) is 40.7 Å². The third-order valence-electron chi connectivity index (χ3n) is 5.45. The molecule has 0 saturated heterocycles. The standard InChI is InChI=1S/C24H35N3O5S/c1-6-7-8-11-17(2)27-23(31)26(5)21(28)20(25-27)32-15-10-13-18-12-9-14-19(16-18)33-24(3,4)22(29)30/h9,12,14,16-17H,6-8,10-11,13,15H2,1-5H3,(H,29,30). The molecule has 0 amide bonds. The summed E-state index contributed by atoms with van der Waals surface area (Å²) >= 11 is 1.30. The lowest BCUT2D eigenvalue weighted by atomic mass is 10.1. The molecule has 182 valence electrons. The average molecular weight is 478 g/mol. The smallest absolute Gasteiger partial charge is 0.347 e. The van der Waals surface area contributed by atoms with Crippen molar-refractivity contribution >= 4 is 17.7 Å². The lowest BCUT2D eigenvalue weighted by molar-refractivity contribution is -0.138. The van der Waals surface area contributed by atoms with Crippen LogP contribution in [-0.4, -0.2) is 36.8 Å². The Bertz CT molecular complexity index is 1060. The van der Waals surface area contributed by atoms with Crippen LogP contribution < -0.4 is 16.0 Å². The number of unbranched alkanes of at least 4 members (excludes halogenated alkanes) is 2. The Kier molecular flexibility index (Phi) is 9.76. The van der Waals surface area contributed by atoms with Crippen LogP contribution in [0.25, 0.3) is 0 Å². The van der Waals surface area contributed by atoms with E-state index >= 15 is 0 Å². The number of rotatable bonds is 13. The number of hydrogen-bond donors (Lipinski definition) is 1. The fraction of sp³-hybridized carbons (Fsp3) is 0.583. The van der Waals surface area contributed by atoms with Crippen LogP contribution in [0.1, 0.15) is 71.4 Å². The van der Waals surface area contributed by atoms with Crippen LogP contribution in [0, 0.1) is 0 Å². The topological polar surface area (TPSA) is 103 Å². The molecule has 33 heavy (non-hydrogen) atoms. The third kappa shape index (κ3) is 7.48. The molecule has 0 bridgehead atoms. The molecule has 1 atom stereocenters. The Morgan fingerprint density at radius 3 is 2.64 bits per heavy atom. The van der Waals surface area contributed by atoms with Gasteiger partial charge in [-0.15, -0.1) is 16.9 Å². The maximum Gasteiger partial charge on any atom is 0.347 e. The zero-order chi connectivity index (χ0) is 24.6. The Labute approximate surface area is 199 Å². The fourth-order valence-electron chi connectivity index (χ4n) is 3.31.